The minimum Gasteiger partial charge on any atom is -0.340 e. The Bertz CT molecular complexity index is 1460. The highest BCUT2D eigenvalue weighted by Crippen LogP contribution is 2.48. The standard InChI is InChI=1S/C29H20N2O2/c1-5-13-23-19(9-1)17-25-21-11-3-7-15-27(21)32-29(30(23)25)31-24-14-6-2-10-20(24)18-26(31)22-12-4-8-16-28(22)33-29/h1-16H,17-18H2/q+2. The molecule has 0 unspecified atom stereocenters. The molecule has 4 aliphatic heterocycles. The Balaban J connectivity index is 1.51. The van der Waals surface area contributed by atoms with Crippen LogP contribution in [0.1, 0.15) is 22.3 Å². The summed E-state index contributed by atoms with van der Waals surface area (Å²) in [4.78, 5) is 0. The highest BCUT2D eigenvalue weighted by Gasteiger charge is 2.71. The zero-order chi connectivity index (χ0) is 21.6. The van der Waals surface area contributed by atoms with Crippen LogP contribution in [-0.2, 0) is 12.8 Å². The smallest absolute Gasteiger partial charge is 0.340 e. The summed E-state index contributed by atoms with van der Waals surface area (Å²) in [5, 5.41) is 0. The monoisotopic (exact) mass is 428 g/mol. The summed E-state index contributed by atoms with van der Waals surface area (Å²) in [6, 6.07) is 32.6. The molecular formula is C29H20N2O2+2. The summed E-state index contributed by atoms with van der Waals surface area (Å²) in [5.74, 6) is 1.69. The molecule has 4 heterocycles. The quantitative estimate of drug-likeness (QED) is 0.361. The number of ether oxygens (including phenoxy) is 2. The van der Waals surface area contributed by atoms with E-state index in [1.807, 2.05) is 12.1 Å². The van der Waals surface area contributed by atoms with Crippen molar-refractivity contribution in [3.63, 3.8) is 0 Å². The third-order valence-corrected chi connectivity index (χ3v) is 7.17. The number of para-hydroxylation sites is 4. The number of fused-ring (bicyclic) bond motifs is 10. The first kappa shape index (κ1) is 17.4. The predicted molar refractivity (Wildman–Crippen MR) is 125 cm³/mol. The van der Waals surface area contributed by atoms with E-state index >= 15 is 0 Å². The summed E-state index contributed by atoms with van der Waals surface area (Å²) in [5.41, 5.74) is 9.48. The maximum atomic E-state index is 6.95. The molecule has 8 rings (SSSR count). The SMILES string of the molecule is c1ccc2c(c1)CC1=[N+]2C2(Oc3ccccc31)Oc1ccccc1C1=[N+]2c2ccccc2C1. The van der Waals surface area contributed by atoms with Crippen molar-refractivity contribution in [2.75, 3.05) is 0 Å². The van der Waals surface area contributed by atoms with E-state index in [0.717, 1.165) is 46.8 Å². The second kappa shape index (κ2) is 5.99. The van der Waals surface area contributed by atoms with Crippen molar-refractivity contribution in [3.05, 3.63) is 119 Å². The van der Waals surface area contributed by atoms with Gasteiger partial charge in [0.05, 0.1) is 24.0 Å². The summed E-state index contributed by atoms with van der Waals surface area (Å²) in [6.07, 6.45) is 1.68. The Morgan fingerprint density at radius 2 is 0.939 bits per heavy atom. The van der Waals surface area contributed by atoms with E-state index in [0.29, 0.717) is 0 Å². The topological polar surface area (TPSA) is 24.5 Å². The number of benzene rings is 4. The lowest BCUT2D eigenvalue weighted by molar-refractivity contribution is -0.857. The van der Waals surface area contributed by atoms with Crippen LogP contribution in [0.25, 0.3) is 0 Å². The summed E-state index contributed by atoms with van der Waals surface area (Å²) in [7, 11) is 0. The van der Waals surface area contributed by atoms with E-state index in [9.17, 15) is 0 Å². The summed E-state index contributed by atoms with van der Waals surface area (Å²) in [6.45, 7) is 0. The molecule has 0 saturated carbocycles. The molecule has 156 valence electrons. The van der Waals surface area contributed by atoms with E-state index in [1.165, 1.54) is 22.6 Å². The van der Waals surface area contributed by atoms with Gasteiger partial charge in [-0.3, -0.25) is 0 Å². The average molecular weight is 428 g/mol. The molecule has 4 aromatic carbocycles. The molecule has 0 atom stereocenters. The molecule has 33 heavy (non-hydrogen) atoms. The Morgan fingerprint density at radius 3 is 1.45 bits per heavy atom. The van der Waals surface area contributed by atoms with Gasteiger partial charge in [0.25, 0.3) is 0 Å². The normalized spacial score (nSPS) is 17.9. The van der Waals surface area contributed by atoms with Crippen LogP contribution < -0.4 is 9.47 Å². The van der Waals surface area contributed by atoms with Gasteiger partial charge in [-0.15, -0.1) is 0 Å². The molecule has 4 heteroatoms. The van der Waals surface area contributed by atoms with Gasteiger partial charge < -0.3 is 9.47 Å². The van der Waals surface area contributed by atoms with Gasteiger partial charge in [-0.1, -0.05) is 60.7 Å². The first-order valence-corrected chi connectivity index (χ1v) is 11.4. The first-order chi connectivity index (χ1) is 16.3. The molecule has 0 bridgehead atoms. The lowest BCUT2D eigenvalue weighted by atomic mass is 10.0. The molecule has 4 nitrogen and oxygen atoms in total. The second-order valence-electron chi connectivity index (χ2n) is 8.92. The number of rotatable bonds is 0. The fraction of sp³-hybridized carbons (Fsp3) is 0.103. The van der Waals surface area contributed by atoms with Crippen LogP contribution in [0.15, 0.2) is 97.1 Å². The predicted octanol–water partition coefficient (Wildman–Crippen LogP) is 5.16. The Hall–Kier alpha value is -4.18. The van der Waals surface area contributed by atoms with Crippen molar-refractivity contribution in [2.45, 2.75) is 18.9 Å². The lowest BCUT2D eigenvalue weighted by Crippen LogP contribution is -2.63. The minimum absolute atomic E-state index is 0.841. The van der Waals surface area contributed by atoms with Gasteiger partial charge in [-0.25, -0.2) is 0 Å². The average Bonchev–Trinajstić information content (AvgIpc) is 3.45. The van der Waals surface area contributed by atoms with Crippen molar-refractivity contribution in [2.24, 2.45) is 0 Å². The van der Waals surface area contributed by atoms with Gasteiger partial charge in [-0.2, -0.15) is 0 Å². The molecule has 4 aromatic rings. The molecule has 0 radical (unpaired) electrons. The number of hydrogen-bond donors (Lipinski definition) is 0. The molecular weight excluding hydrogens is 408 g/mol. The zero-order valence-corrected chi connectivity index (χ0v) is 17.9. The van der Waals surface area contributed by atoms with Crippen molar-refractivity contribution < 1.29 is 18.6 Å². The van der Waals surface area contributed by atoms with Crippen molar-refractivity contribution in [1.29, 1.82) is 0 Å². The molecule has 4 aliphatic rings. The molecule has 0 saturated heterocycles. The summed E-state index contributed by atoms with van der Waals surface area (Å²) >= 11 is 0. The highest BCUT2D eigenvalue weighted by atomic mass is 16.7. The van der Waals surface area contributed by atoms with Gasteiger partial charge in [0, 0.05) is 23.3 Å². The lowest BCUT2D eigenvalue weighted by Gasteiger charge is -2.31. The van der Waals surface area contributed by atoms with Crippen molar-refractivity contribution in [3.8, 4) is 11.5 Å². The van der Waals surface area contributed by atoms with Crippen LogP contribution in [0.4, 0.5) is 11.4 Å². The van der Waals surface area contributed by atoms with Gasteiger partial charge in [0.2, 0.25) is 22.8 Å². The fourth-order valence-corrected chi connectivity index (χ4v) is 5.82. The van der Waals surface area contributed by atoms with Gasteiger partial charge in [0.1, 0.15) is 0 Å². The van der Waals surface area contributed by atoms with Crippen LogP contribution in [0.2, 0.25) is 0 Å². The van der Waals surface area contributed by atoms with E-state index in [-0.39, 0.29) is 0 Å². The van der Waals surface area contributed by atoms with E-state index in [2.05, 4.69) is 94.1 Å². The van der Waals surface area contributed by atoms with E-state index in [4.69, 9.17) is 9.47 Å². The van der Waals surface area contributed by atoms with Gasteiger partial charge >= 0.3 is 6.03 Å². The van der Waals surface area contributed by atoms with Crippen molar-refractivity contribution in [1.82, 2.24) is 0 Å². The Labute approximate surface area is 191 Å². The molecule has 0 aliphatic carbocycles. The molecule has 0 aromatic heterocycles. The first-order valence-electron chi connectivity index (χ1n) is 11.4. The maximum absolute atomic E-state index is 6.95. The zero-order valence-electron chi connectivity index (χ0n) is 17.9. The van der Waals surface area contributed by atoms with Gasteiger partial charge in [-0.05, 0) is 33.4 Å². The Morgan fingerprint density at radius 1 is 0.515 bits per heavy atom. The second-order valence-corrected chi connectivity index (χ2v) is 8.92. The molecule has 1 spiro atoms. The number of hydrogen-bond acceptors (Lipinski definition) is 2. The van der Waals surface area contributed by atoms with Crippen LogP contribution >= 0.6 is 0 Å². The largest absolute Gasteiger partial charge is 0.715 e. The minimum atomic E-state index is -1.17. The van der Waals surface area contributed by atoms with Crippen LogP contribution in [0.5, 0.6) is 11.5 Å². The van der Waals surface area contributed by atoms with E-state index in [1.54, 1.807) is 0 Å². The number of nitrogens with zero attached hydrogens (tertiary/aromatic N) is 2. The fourth-order valence-electron chi connectivity index (χ4n) is 5.82. The highest BCUT2D eigenvalue weighted by molar-refractivity contribution is 6.05. The maximum Gasteiger partial charge on any atom is 0.715 e. The third-order valence-electron chi connectivity index (χ3n) is 7.17. The van der Waals surface area contributed by atoms with Crippen molar-refractivity contribution >= 4 is 22.8 Å². The third kappa shape index (κ3) is 2.11. The van der Waals surface area contributed by atoms with Crippen LogP contribution in [-0.4, -0.2) is 26.6 Å². The van der Waals surface area contributed by atoms with E-state index < -0.39 is 6.03 Å². The van der Waals surface area contributed by atoms with Crippen LogP contribution in [0.3, 0.4) is 0 Å². The Kier molecular flexibility index (Phi) is 3.15. The van der Waals surface area contributed by atoms with Gasteiger partial charge in [0.15, 0.2) is 11.5 Å². The van der Waals surface area contributed by atoms with Crippen LogP contribution in [0, 0.1) is 0 Å². The summed E-state index contributed by atoms with van der Waals surface area (Å²) < 4.78 is 18.5. The molecule has 0 fully saturated rings. The molecule has 0 N–H and O–H groups in total. The molecule has 0 amide bonds.